The Morgan fingerprint density at radius 3 is 1.42 bits per heavy atom. The Labute approximate surface area is 342 Å². The Hall–Kier alpha value is -7.18. The summed E-state index contributed by atoms with van der Waals surface area (Å²) in [5.74, 6) is 6.49. The largest absolute Gasteiger partial charge is 0.208 e. The molecule has 9 aromatic rings. The van der Waals surface area contributed by atoms with Gasteiger partial charge in [-0.25, -0.2) is 29.9 Å². The highest BCUT2D eigenvalue weighted by Gasteiger charge is 2.71. The lowest BCUT2D eigenvalue weighted by molar-refractivity contribution is -0.219. The molecule has 280 valence electrons. The zero-order valence-corrected chi connectivity index (χ0v) is 32.3. The van der Waals surface area contributed by atoms with Gasteiger partial charge >= 0.3 is 0 Å². The van der Waals surface area contributed by atoms with Crippen molar-refractivity contribution in [1.29, 1.82) is 0 Å². The number of nitrogens with zero attached hydrogens (tertiary/aromatic N) is 6. The second-order valence-corrected chi connectivity index (χ2v) is 16.5. The van der Waals surface area contributed by atoms with Gasteiger partial charge in [0.25, 0.3) is 0 Å². The maximum absolute atomic E-state index is 5.25. The molecule has 6 nitrogen and oxygen atoms in total. The van der Waals surface area contributed by atoms with Crippen molar-refractivity contribution in [3.05, 3.63) is 181 Å². The van der Waals surface area contributed by atoms with Crippen molar-refractivity contribution in [2.24, 2.45) is 17.8 Å². The van der Waals surface area contributed by atoms with Crippen LogP contribution < -0.4 is 0 Å². The fourth-order valence-electron chi connectivity index (χ4n) is 10.3. The van der Waals surface area contributed by atoms with E-state index in [0.29, 0.717) is 40.4 Å². The van der Waals surface area contributed by atoms with E-state index in [1.165, 1.54) is 24.8 Å². The lowest BCUT2D eigenvalue weighted by Crippen LogP contribution is -2.71. The van der Waals surface area contributed by atoms with Crippen molar-refractivity contribution >= 4 is 10.8 Å². The monoisotopic (exact) mass is 758 g/mol. The summed E-state index contributed by atoms with van der Waals surface area (Å²) in [6.45, 7) is 0. The molecule has 0 spiro atoms. The molecule has 2 atom stereocenters. The summed E-state index contributed by atoms with van der Waals surface area (Å²) in [5.41, 5.74) is 9.60. The van der Waals surface area contributed by atoms with Crippen LogP contribution in [-0.4, -0.2) is 29.9 Å². The zero-order chi connectivity index (χ0) is 38.9. The van der Waals surface area contributed by atoms with Gasteiger partial charge in [-0.15, -0.1) is 0 Å². The smallest absolute Gasteiger partial charge is 0.164 e. The fourth-order valence-corrected chi connectivity index (χ4v) is 10.3. The number of aromatic nitrogens is 6. The normalized spacial score (nSPS) is 19.9. The van der Waals surface area contributed by atoms with E-state index >= 15 is 0 Å². The van der Waals surface area contributed by atoms with Gasteiger partial charge in [0.15, 0.2) is 34.9 Å². The van der Waals surface area contributed by atoms with Gasteiger partial charge in [0, 0.05) is 33.4 Å². The SMILES string of the molecule is c1ccc(-c2cccc(-c3nc(-c4ccccc4)nc(-c4cc(-c5nc(-c6ccccc6)nc(-c6ccc(C78CC9CC(C7)C98)cc6)n5)c5ccccc5c4)n3)c2)cc1. The first kappa shape index (κ1) is 33.9. The summed E-state index contributed by atoms with van der Waals surface area (Å²) in [6, 6.07) is 60.9. The minimum atomic E-state index is 0.408. The lowest BCUT2D eigenvalue weighted by Gasteiger charge is -2.76. The van der Waals surface area contributed by atoms with Crippen molar-refractivity contribution in [3.8, 4) is 79.5 Å². The topological polar surface area (TPSA) is 77.3 Å². The molecule has 3 aliphatic rings. The van der Waals surface area contributed by atoms with E-state index < -0.39 is 0 Å². The average Bonchev–Trinajstić information content (AvgIpc) is 3.31. The summed E-state index contributed by atoms with van der Waals surface area (Å²) in [4.78, 5) is 30.9. The van der Waals surface area contributed by atoms with Gasteiger partial charge in [0.2, 0.25) is 0 Å². The summed E-state index contributed by atoms with van der Waals surface area (Å²) in [7, 11) is 0. The molecule has 0 saturated heterocycles. The van der Waals surface area contributed by atoms with Crippen molar-refractivity contribution in [1.82, 2.24) is 29.9 Å². The molecule has 2 unspecified atom stereocenters. The Balaban J connectivity index is 1.01. The average molecular weight is 759 g/mol. The first-order valence-electron chi connectivity index (χ1n) is 20.6. The van der Waals surface area contributed by atoms with Crippen molar-refractivity contribution in [2.75, 3.05) is 0 Å². The molecule has 0 radical (unpaired) electrons. The Morgan fingerprint density at radius 2 is 0.831 bits per heavy atom. The summed E-state index contributed by atoms with van der Waals surface area (Å²) >= 11 is 0. The number of rotatable bonds is 8. The van der Waals surface area contributed by atoms with E-state index in [2.05, 4.69) is 121 Å². The maximum Gasteiger partial charge on any atom is 0.164 e. The predicted octanol–water partition coefficient (Wildman–Crippen LogP) is 12.2. The van der Waals surface area contributed by atoms with Gasteiger partial charge in [-0.05, 0) is 88.1 Å². The fraction of sp³-hybridized carbons (Fsp3) is 0.132. The molecule has 6 heteroatoms. The first-order valence-corrected chi connectivity index (χ1v) is 20.6. The number of benzene rings is 7. The molecule has 0 aliphatic heterocycles. The van der Waals surface area contributed by atoms with E-state index in [1.807, 2.05) is 54.6 Å². The van der Waals surface area contributed by atoms with Crippen molar-refractivity contribution < 1.29 is 0 Å². The van der Waals surface area contributed by atoms with Crippen molar-refractivity contribution in [2.45, 2.75) is 24.7 Å². The minimum Gasteiger partial charge on any atom is -0.208 e. The van der Waals surface area contributed by atoms with E-state index in [4.69, 9.17) is 29.9 Å². The molecule has 3 saturated carbocycles. The molecule has 12 rings (SSSR count). The summed E-state index contributed by atoms with van der Waals surface area (Å²) < 4.78 is 0. The van der Waals surface area contributed by atoms with Gasteiger partial charge in [-0.2, -0.15) is 0 Å². The minimum absolute atomic E-state index is 0.408. The van der Waals surface area contributed by atoms with Crippen LogP contribution in [-0.2, 0) is 5.41 Å². The molecule has 3 fully saturated rings. The molecule has 0 N–H and O–H groups in total. The van der Waals surface area contributed by atoms with Gasteiger partial charge in [0.05, 0.1) is 0 Å². The van der Waals surface area contributed by atoms with E-state index in [9.17, 15) is 0 Å². The molecule has 59 heavy (non-hydrogen) atoms. The molecule has 0 amide bonds. The van der Waals surface area contributed by atoms with E-state index in [0.717, 1.165) is 73.0 Å². The second-order valence-electron chi connectivity index (χ2n) is 16.5. The second kappa shape index (κ2) is 13.5. The first-order chi connectivity index (χ1) is 29.1. The van der Waals surface area contributed by atoms with Gasteiger partial charge < -0.3 is 0 Å². The van der Waals surface area contributed by atoms with Crippen molar-refractivity contribution in [3.63, 3.8) is 0 Å². The highest BCUT2D eigenvalue weighted by atomic mass is 15.0. The third kappa shape index (κ3) is 5.70. The van der Waals surface area contributed by atoms with Crippen LogP contribution in [0.5, 0.6) is 0 Å². The third-order valence-electron chi connectivity index (χ3n) is 13.2. The Morgan fingerprint density at radius 1 is 0.356 bits per heavy atom. The summed E-state index contributed by atoms with van der Waals surface area (Å²) in [5, 5.41) is 2.07. The van der Waals surface area contributed by atoms with Crippen LogP contribution in [0.25, 0.3) is 90.2 Å². The molecular weight excluding hydrogens is 721 g/mol. The molecule has 7 aromatic carbocycles. The van der Waals surface area contributed by atoms with Crippen LogP contribution in [0.2, 0.25) is 0 Å². The van der Waals surface area contributed by atoms with Crippen LogP contribution in [0.4, 0.5) is 0 Å². The van der Waals surface area contributed by atoms with E-state index in [-0.39, 0.29) is 0 Å². The zero-order valence-electron chi connectivity index (χ0n) is 32.3. The van der Waals surface area contributed by atoms with Crippen LogP contribution in [0.3, 0.4) is 0 Å². The quantitative estimate of drug-likeness (QED) is 0.154. The van der Waals surface area contributed by atoms with Crippen LogP contribution >= 0.6 is 0 Å². The number of hydrogen-bond acceptors (Lipinski definition) is 6. The molecule has 2 aromatic heterocycles. The van der Waals surface area contributed by atoms with Gasteiger partial charge in [-0.1, -0.05) is 158 Å². The van der Waals surface area contributed by atoms with E-state index in [1.54, 1.807) is 0 Å². The molecule has 3 aliphatic carbocycles. The maximum atomic E-state index is 5.25. The highest BCUT2D eigenvalue weighted by Crippen LogP contribution is 2.77. The molecule has 2 heterocycles. The molecule has 0 bridgehead atoms. The standard InChI is InChI=1S/C53H38N6/c1-4-13-33(14-5-1)37-20-12-21-39(27-37)50-55-47(34-15-6-2-7-16-34)56-51(57-50)40-28-38-19-10-11-22-44(38)45(30-40)52-58-48(35-17-8-3-9-18-35)54-49(59-52)36-23-25-43(26-24-36)53-31-41-29-42(32-53)46(41)53/h1-28,30,41-42,46H,29,31-32H2. The lowest BCUT2D eigenvalue weighted by atomic mass is 9.28. The molecular formula is C53H38N6. The van der Waals surface area contributed by atoms with Crippen LogP contribution in [0, 0.1) is 17.8 Å². The third-order valence-corrected chi connectivity index (χ3v) is 13.2. The van der Waals surface area contributed by atoms with Crippen LogP contribution in [0.1, 0.15) is 24.8 Å². The van der Waals surface area contributed by atoms with Gasteiger partial charge in [-0.3, -0.25) is 0 Å². The predicted molar refractivity (Wildman–Crippen MR) is 235 cm³/mol. The Kier molecular flexibility index (Phi) is 7.73. The highest BCUT2D eigenvalue weighted by molar-refractivity contribution is 5.98. The Bertz CT molecular complexity index is 3030. The number of hydrogen-bond donors (Lipinski definition) is 0. The summed E-state index contributed by atoms with van der Waals surface area (Å²) in [6.07, 6.45) is 4.14. The van der Waals surface area contributed by atoms with Gasteiger partial charge in [0.1, 0.15) is 0 Å². The number of fused-ring (bicyclic) bond motifs is 1. The van der Waals surface area contributed by atoms with Crippen LogP contribution in [0.15, 0.2) is 176 Å².